The Morgan fingerprint density at radius 3 is 2.42 bits per heavy atom. The average Bonchev–Trinajstić information content (AvgIpc) is 2.60. The molecular weight excluding hydrogens is 304 g/mol. The number of carbonyl (C=O) groups is 2. The number of benzene rings is 2. The van der Waals surface area contributed by atoms with E-state index in [2.05, 4.69) is 5.32 Å². The van der Waals surface area contributed by atoms with Gasteiger partial charge in [-0.1, -0.05) is 24.3 Å². The van der Waals surface area contributed by atoms with Crippen molar-refractivity contribution in [2.45, 2.75) is 19.9 Å². The van der Waals surface area contributed by atoms with E-state index in [1.165, 1.54) is 7.11 Å². The van der Waals surface area contributed by atoms with Crippen LogP contribution in [0.3, 0.4) is 0 Å². The lowest BCUT2D eigenvalue weighted by atomic mass is 10.2. The van der Waals surface area contributed by atoms with Crippen molar-refractivity contribution in [3.05, 3.63) is 60.2 Å². The van der Waals surface area contributed by atoms with E-state index in [1.807, 2.05) is 50.2 Å². The number of esters is 1. The smallest absolute Gasteiger partial charge is 0.337 e. The quantitative estimate of drug-likeness (QED) is 0.827. The van der Waals surface area contributed by atoms with Crippen molar-refractivity contribution in [1.29, 1.82) is 0 Å². The van der Waals surface area contributed by atoms with E-state index in [0.29, 0.717) is 11.3 Å². The molecule has 0 aliphatic heterocycles. The molecular formula is C19H22N2O3. The largest absolute Gasteiger partial charge is 0.465 e. The fourth-order valence-corrected chi connectivity index (χ4v) is 2.46. The van der Waals surface area contributed by atoms with Crippen molar-refractivity contribution in [2.75, 3.05) is 23.9 Å². The number of hydrogen-bond donors (Lipinski definition) is 1. The third kappa shape index (κ3) is 4.35. The molecule has 0 aliphatic carbocycles. The predicted molar refractivity (Wildman–Crippen MR) is 95.3 cm³/mol. The maximum absolute atomic E-state index is 12.6. The number of nitrogens with zero attached hydrogens (tertiary/aromatic N) is 1. The number of ether oxygens (including phenoxy) is 1. The molecule has 0 spiro atoms. The molecule has 1 amide bonds. The monoisotopic (exact) mass is 326 g/mol. The summed E-state index contributed by atoms with van der Waals surface area (Å²) in [5.74, 6) is -0.447. The zero-order valence-corrected chi connectivity index (χ0v) is 14.2. The first kappa shape index (κ1) is 17.5. The van der Waals surface area contributed by atoms with Crippen LogP contribution in [0.25, 0.3) is 0 Å². The van der Waals surface area contributed by atoms with E-state index >= 15 is 0 Å². The number of methoxy groups -OCH3 is 1. The molecule has 24 heavy (non-hydrogen) atoms. The number of para-hydroxylation sites is 1. The summed E-state index contributed by atoms with van der Waals surface area (Å²) >= 11 is 0. The third-order valence-electron chi connectivity index (χ3n) is 3.55. The van der Waals surface area contributed by atoms with Gasteiger partial charge in [0, 0.05) is 17.4 Å². The molecule has 0 aliphatic rings. The summed E-state index contributed by atoms with van der Waals surface area (Å²) in [6, 6.07) is 16.5. The number of rotatable bonds is 6. The van der Waals surface area contributed by atoms with E-state index in [4.69, 9.17) is 4.74 Å². The molecule has 0 saturated heterocycles. The summed E-state index contributed by atoms with van der Waals surface area (Å²) in [5.41, 5.74) is 2.00. The van der Waals surface area contributed by atoms with Crippen LogP contribution in [0.2, 0.25) is 0 Å². The zero-order chi connectivity index (χ0) is 17.5. The van der Waals surface area contributed by atoms with Crippen LogP contribution in [0.1, 0.15) is 24.2 Å². The summed E-state index contributed by atoms with van der Waals surface area (Å²) < 4.78 is 4.70. The fourth-order valence-electron chi connectivity index (χ4n) is 2.46. The molecule has 2 aromatic carbocycles. The van der Waals surface area contributed by atoms with E-state index in [0.717, 1.165) is 5.69 Å². The van der Waals surface area contributed by atoms with Gasteiger partial charge >= 0.3 is 5.97 Å². The minimum Gasteiger partial charge on any atom is -0.465 e. The average molecular weight is 326 g/mol. The Hall–Kier alpha value is -2.82. The molecule has 2 aromatic rings. The van der Waals surface area contributed by atoms with Gasteiger partial charge in [0.1, 0.15) is 0 Å². The second-order valence-electron chi connectivity index (χ2n) is 5.62. The summed E-state index contributed by atoms with van der Waals surface area (Å²) in [4.78, 5) is 25.9. The van der Waals surface area contributed by atoms with Gasteiger partial charge in [0.15, 0.2) is 0 Å². The second-order valence-corrected chi connectivity index (χ2v) is 5.62. The van der Waals surface area contributed by atoms with E-state index < -0.39 is 5.97 Å². The van der Waals surface area contributed by atoms with Crippen LogP contribution in [-0.2, 0) is 9.53 Å². The van der Waals surface area contributed by atoms with Crippen molar-refractivity contribution in [3.8, 4) is 0 Å². The van der Waals surface area contributed by atoms with Gasteiger partial charge in [-0.25, -0.2) is 4.79 Å². The van der Waals surface area contributed by atoms with Crippen LogP contribution in [0.15, 0.2) is 54.6 Å². The van der Waals surface area contributed by atoms with Gasteiger partial charge in [-0.3, -0.25) is 4.79 Å². The molecule has 2 rings (SSSR count). The Bertz CT molecular complexity index is 699. The Balaban J connectivity index is 2.07. The highest BCUT2D eigenvalue weighted by Gasteiger charge is 2.18. The fraction of sp³-hybridized carbons (Fsp3) is 0.263. The summed E-state index contributed by atoms with van der Waals surface area (Å²) in [6.07, 6.45) is 0. The summed E-state index contributed by atoms with van der Waals surface area (Å²) in [5, 5.41) is 3.07. The molecule has 0 radical (unpaired) electrons. The van der Waals surface area contributed by atoms with Crippen LogP contribution in [0, 0.1) is 0 Å². The first-order valence-corrected chi connectivity index (χ1v) is 7.82. The molecule has 5 nitrogen and oxygen atoms in total. The lowest BCUT2D eigenvalue weighted by Crippen LogP contribution is -2.40. The lowest BCUT2D eigenvalue weighted by molar-refractivity contribution is -0.117. The minimum atomic E-state index is -0.405. The van der Waals surface area contributed by atoms with Gasteiger partial charge in [0.25, 0.3) is 0 Å². The van der Waals surface area contributed by atoms with Gasteiger partial charge in [0.05, 0.1) is 19.2 Å². The third-order valence-corrected chi connectivity index (χ3v) is 3.55. The summed E-state index contributed by atoms with van der Waals surface area (Å²) in [7, 11) is 1.34. The predicted octanol–water partition coefficient (Wildman–Crippen LogP) is 3.33. The molecule has 0 unspecified atom stereocenters. The highest BCUT2D eigenvalue weighted by molar-refractivity contribution is 5.97. The maximum atomic E-state index is 12.6. The van der Waals surface area contributed by atoms with Crippen molar-refractivity contribution in [3.63, 3.8) is 0 Å². The first-order chi connectivity index (χ1) is 11.5. The summed E-state index contributed by atoms with van der Waals surface area (Å²) in [6.45, 7) is 4.09. The highest BCUT2D eigenvalue weighted by Crippen LogP contribution is 2.17. The zero-order valence-electron chi connectivity index (χ0n) is 14.2. The van der Waals surface area contributed by atoms with Crippen molar-refractivity contribution < 1.29 is 14.3 Å². The molecule has 0 saturated carbocycles. The van der Waals surface area contributed by atoms with Gasteiger partial charge in [-0.15, -0.1) is 0 Å². The SMILES string of the molecule is COC(=O)c1cccc(NCC(=O)N(c2ccccc2)C(C)C)c1. The molecule has 0 heterocycles. The normalized spacial score (nSPS) is 10.3. The first-order valence-electron chi connectivity index (χ1n) is 7.82. The Labute approximate surface area is 142 Å². The van der Waals surface area contributed by atoms with Crippen LogP contribution in [-0.4, -0.2) is 31.6 Å². The van der Waals surface area contributed by atoms with Gasteiger partial charge < -0.3 is 15.0 Å². The lowest BCUT2D eigenvalue weighted by Gasteiger charge is -2.27. The van der Waals surface area contributed by atoms with E-state index in [-0.39, 0.29) is 18.5 Å². The standard InChI is InChI=1S/C19H22N2O3/c1-14(2)21(17-10-5-4-6-11-17)18(22)13-20-16-9-7-8-15(12-16)19(23)24-3/h4-12,14,20H,13H2,1-3H3. The van der Waals surface area contributed by atoms with Crippen LogP contribution in [0.4, 0.5) is 11.4 Å². The van der Waals surface area contributed by atoms with Crippen molar-refractivity contribution in [1.82, 2.24) is 0 Å². The maximum Gasteiger partial charge on any atom is 0.337 e. The Morgan fingerprint density at radius 1 is 1.08 bits per heavy atom. The van der Waals surface area contributed by atoms with Crippen LogP contribution < -0.4 is 10.2 Å². The molecule has 126 valence electrons. The van der Waals surface area contributed by atoms with Crippen molar-refractivity contribution in [2.24, 2.45) is 0 Å². The van der Waals surface area contributed by atoms with E-state index in [1.54, 1.807) is 23.1 Å². The molecule has 5 heteroatoms. The number of hydrogen-bond acceptors (Lipinski definition) is 4. The number of amides is 1. The molecule has 0 bridgehead atoms. The van der Waals surface area contributed by atoms with Crippen LogP contribution in [0.5, 0.6) is 0 Å². The van der Waals surface area contributed by atoms with Gasteiger partial charge in [0.2, 0.25) is 5.91 Å². The number of anilines is 2. The Kier molecular flexibility index (Phi) is 5.95. The Morgan fingerprint density at radius 2 is 1.79 bits per heavy atom. The number of carbonyl (C=O) groups excluding carboxylic acids is 2. The van der Waals surface area contributed by atoms with Crippen LogP contribution >= 0.6 is 0 Å². The highest BCUT2D eigenvalue weighted by atomic mass is 16.5. The van der Waals surface area contributed by atoms with E-state index in [9.17, 15) is 9.59 Å². The van der Waals surface area contributed by atoms with Crippen molar-refractivity contribution >= 4 is 23.3 Å². The number of nitrogens with one attached hydrogen (secondary N) is 1. The second kappa shape index (κ2) is 8.15. The van der Waals surface area contributed by atoms with Gasteiger partial charge in [-0.2, -0.15) is 0 Å². The molecule has 1 N–H and O–H groups in total. The van der Waals surface area contributed by atoms with Gasteiger partial charge in [-0.05, 0) is 44.2 Å². The molecule has 0 aromatic heterocycles. The minimum absolute atomic E-state index is 0.0420. The molecule has 0 atom stereocenters. The molecule has 0 fully saturated rings. The topological polar surface area (TPSA) is 58.6 Å².